The van der Waals surface area contributed by atoms with Crippen LogP contribution in [0.1, 0.15) is 12.8 Å². The van der Waals surface area contributed by atoms with Gasteiger partial charge in [0.2, 0.25) is 0 Å². The molecule has 0 aliphatic carbocycles. The number of pyridine rings is 1. The van der Waals surface area contributed by atoms with E-state index in [0.717, 1.165) is 36.2 Å². The van der Waals surface area contributed by atoms with Crippen molar-refractivity contribution in [2.75, 3.05) is 30.8 Å². The van der Waals surface area contributed by atoms with E-state index < -0.39 is 0 Å². The topological polar surface area (TPSA) is 68.5 Å². The number of piperidine rings is 1. The number of anilines is 2. The summed E-state index contributed by atoms with van der Waals surface area (Å²) in [5.74, 6) is 0.677. The fraction of sp³-hybridized carbons (Fsp3) is 0.500. The van der Waals surface area contributed by atoms with Gasteiger partial charge in [0.15, 0.2) is 5.82 Å². The standard InChI is InChI=1S/C12H16BrN3O2/c1-18-12(17)8-2-4-16(5-3-8)11-10(14)6-9(13)7-15-11/h6-8H,2-5,14H2,1H3. The smallest absolute Gasteiger partial charge is 0.308 e. The van der Waals surface area contributed by atoms with Crippen molar-refractivity contribution < 1.29 is 9.53 Å². The Balaban J connectivity index is 2.03. The number of carbonyl (C=O) groups is 1. The van der Waals surface area contributed by atoms with Gasteiger partial charge in [-0.15, -0.1) is 0 Å². The van der Waals surface area contributed by atoms with Crippen LogP contribution in [-0.2, 0) is 9.53 Å². The molecule has 0 bridgehead atoms. The van der Waals surface area contributed by atoms with Gasteiger partial charge in [-0.05, 0) is 34.8 Å². The van der Waals surface area contributed by atoms with E-state index in [1.807, 2.05) is 6.07 Å². The van der Waals surface area contributed by atoms with Crippen molar-refractivity contribution in [1.29, 1.82) is 0 Å². The second-order valence-electron chi connectivity index (χ2n) is 4.35. The summed E-state index contributed by atoms with van der Waals surface area (Å²) in [4.78, 5) is 17.9. The van der Waals surface area contributed by atoms with Gasteiger partial charge in [-0.25, -0.2) is 4.98 Å². The number of rotatable bonds is 2. The number of ether oxygens (including phenoxy) is 1. The molecular formula is C12H16BrN3O2. The van der Waals surface area contributed by atoms with Crippen molar-refractivity contribution in [1.82, 2.24) is 4.98 Å². The van der Waals surface area contributed by atoms with E-state index in [9.17, 15) is 4.79 Å². The summed E-state index contributed by atoms with van der Waals surface area (Å²) in [6, 6.07) is 1.84. The molecule has 2 rings (SSSR count). The van der Waals surface area contributed by atoms with Crippen molar-refractivity contribution in [3.05, 3.63) is 16.7 Å². The van der Waals surface area contributed by atoms with Gasteiger partial charge in [-0.2, -0.15) is 0 Å². The number of esters is 1. The Morgan fingerprint density at radius 2 is 2.22 bits per heavy atom. The minimum atomic E-state index is -0.119. The Morgan fingerprint density at radius 3 is 2.78 bits per heavy atom. The van der Waals surface area contributed by atoms with Gasteiger partial charge in [0.1, 0.15) is 0 Å². The van der Waals surface area contributed by atoms with Crippen LogP contribution in [0.3, 0.4) is 0 Å². The SMILES string of the molecule is COC(=O)C1CCN(c2ncc(Br)cc2N)CC1. The molecule has 0 aromatic carbocycles. The van der Waals surface area contributed by atoms with Crippen LogP contribution in [0.4, 0.5) is 11.5 Å². The second-order valence-corrected chi connectivity index (χ2v) is 5.27. The third kappa shape index (κ3) is 2.75. The summed E-state index contributed by atoms with van der Waals surface area (Å²) in [7, 11) is 1.43. The molecule has 1 saturated heterocycles. The molecule has 1 fully saturated rings. The van der Waals surface area contributed by atoms with Gasteiger partial charge >= 0.3 is 5.97 Å². The Bertz CT molecular complexity index is 445. The quantitative estimate of drug-likeness (QED) is 0.843. The number of methoxy groups -OCH3 is 1. The Kier molecular flexibility index (Phi) is 4.06. The molecule has 2 heterocycles. The third-order valence-electron chi connectivity index (χ3n) is 3.19. The number of nitrogen functional groups attached to an aromatic ring is 1. The van der Waals surface area contributed by atoms with Crippen molar-refractivity contribution in [2.45, 2.75) is 12.8 Å². The maximum absolute atomic E-state index is 11.4. The number of nitrogens with two attached hydrogens (primary N) is 1. The lowest BCUT2D eigenvalue weighted by Crippen LogP contribution is -2.37. The van der Waals surface area contributed by atoms with Crippen LogP contribution in [0.2, 0.25) is 0 Å². The maximum Gasteiger partial charge on any atom is 0.308 e. The third-order valence-corrected chi connectivity index (χ3v) is 3.62. The first kappa shape index (κ1) is 13.1. The predicted molar refractivity (Wildman–Crippen MR) is 73.3 cm³/mol. The minimum Gasteiger partial charge on any atom is -0.469 e. The van der Waals surface area contributed by atoms with Gasteiger partial charge in [-0.1, -0.05) is 0 Å². The fourth-order valence-electron chi connectivity index (χ4n) is 2.21. The summed E-state index contributed by atoms with van der Waals surface area (Å²) >= 11 is 3.34. The van der Waals surface area contributed by atoms with Gasteiger partial charge in [0.05, 0.1) is 18.7 Å². The monoisotopic (exact) mass is 313 g/mol. The summed E-state index contributed by atoms with van der Waals surface area (Å²) < 4.78 is 5.63. The maximum atomic E-state index is 11.4. The first-order valence-corrected chi connectivity index (χ1v) is 6.65. The molecule has 0 unspecified atom stereocenters. The van der Waals surface area contributed by atoms with Crippen LogP contribution in [0.15, 0.2) is 16.7 Å². The van der Waals surface area contributed by atoms with Crippen molar-refractivity contribution in [2.24, 2.45) is 5.92 Å². The van der Waals surface area contributed by atoms with Crippen LogP contribution in [0.25, 0.3) is 0 Å². The summed E-state index contributed by atoms with van der Waals surface area (Å²) in [6.45, 7) is 1.55. The van der Waals surface area contributed by atoms with Crippen molar-refractivity contribution in [3.63, 3.8) is 0 Å². The van der Waals surface area contributed by atoms with E-state index in [0.29, 0.717) is 5.69 Å². The van der Waals surface area contributed by atoms with Gasteiger partial charge in [-0.3, -0.25) is 4.79 Å². The molecule has 1 aromatic rings. The Hall–Kier alpha value is -1.30. The first-order chi connectivity index (χ1) is 8.61. The molecule has 2 N–H and O–H groups in total. The summed E-state index contributed by atoms with van der Waals surface area (Å²) in [5.41, 5.74) is 6.60. The van der Waals surface area contributed by atoms with Crippen LogP contribution in [0.5, 0.6) is 0 Å². The van der Waals surface area contributed by atoms with Crippen LogP contribution in [-0.4, -0.2) is 31.2 Å². The molecule has 0 atom stereocenters. The number of nitrogens with zero attached hydrogens (tertiary/aromatic N) is 2. The highest BCUT2D eigenvalue weighted by atomic mass is 79.9. The van der Waals surface area contributed by atoms with Crippen molar-refractivity contribution >= 4 is 33.4 Å². The number of hydrogen-bond acceptors (Lipinski definition) is 5. The summed E-state index contributed by atoms with van der Waals surface area (Å²) in [6.07, 6.45) is 3.30. The molecular weight excluding hydrogens is 298 g/mol. The predicted octanol–water partition coefficient (Wildman–Crippen LogP) is 1.82. The zero-order valence-corrected chi connectivity index (χ0v) is 11.8. The average Bonchev–Trinajstić information content (AvgIpc) is 2.38. The Labute approximate surface area is 114 Å². The normalized spacial score (nSPS) is 16.7. The van der Waals surface area contributed by atoms with Crippen LogP contribution in [0, 0.1) is 5.92 Å². The molecule has 1 aromatic heterocycles. The molecule has 18 heavy (non-hydrogen) atoms. The number of aromatic nitrogens is 1. The van der Waals surface area contributed by atoms with Crippen LogP contribution < -0.4 is 10.6 Å². The average molecular weight is 314 g/mol. The number of halogens is 1. The van der Waals surface area contributed by atoms with Gasteiger partial charge in [0, 0.05) is 23.8 Å². The van der Waals surface area contributed by atoms with E-state index in [1.165, 1.54) is 7.11 Å². The summed E-state index contributed by atoms with van der Waals surface area (Å²) in [5, 5.41) is 0. The van der Waals surface area contributed by atoms with Crippen LogP contribution >= 0.6 is 15.9 Å². The molecule has 0 saturated carbocycles. The zero-order valence-electron chi connectivity index (χ0n) is 10.2. The van der Waals surface area contributed by atoms with E-state index in [1.54, 1.807) is 6.20 Å². The molecule has 0 amide bonds. The van der Waals surface area contributed by atoms with Crippen molar-refractivity contribution in [3.8, 4) is 0 Å². The van der Waals surface area contributed by atoms with Gasteiger partial charge in [0.25, 0.3) is 0 Å². The fourth-order valence-corrected chi connectivity index (χ4v) is 2.55. The largest absolute Gasteiger partial charge is 0.469 e. The lowest BCUT2D eigenvalue weighted by molar-refractivity contribution is -0.146. The second kappa shape index (κ2) is 5.56. The molecule has 0 spiro atoms. The minimum absolute atomic E-state index is 0.00271. The van der Waals surface area contributed by atoms with E-state index in [2.05, 4.69) is 25.8 Å². The van der Waals surface area contributed by atoms with E-state index >= 15 is 0 Å². The lowest BCUT2D eigenvalue weighted by atomic mass is 9.97. The molecule has 1 aliphatic heterocycles. The molecule has 98 valence electrons. The van der Waals surface area contributed by atoms with Gasteiger partial charge < -0.3 is 15.4 Å². The highest BCUT2D eigenvalue weighted by Crippen LogP contribution is 2.28. The highest BCUT2D eigenvalue weighted by molar-refractivity contribution is 9.10. The Morgan fingerprint density at radius 1 is 1.56 bits per heavy atom. The number of carbonyl (C=O) groups excluding carboxylic acids is 1. The first-order valence-electron chi connectivity index (χ1n) is 5.85. The number of hydrogen-bond donors (Lipinski definition) is 1. The molecule has 6 heteroatoms. The molecule has 5 nitrogen and oxygen atoms in total. The highest BCUT2D eigenvalue weighted by Gasteiger charge is 2.26. The van der Waals surface area contributed by atoms with E-state index in [4.69, 9.17) is 10.5 Å². The zero-order chi connectivity index (χ0) is 13.1. The van der Waals surface area contributed by atoms with E-state index in [-0.39, 0.29) is 11.9 Å². The molecule has 0 radical (unpaired) electrons. The molecule has 1 aliphatic rings. The lowest BCUT2D eigenvalue weighted by Gasteiger charge is -2.32.